The molecule has 1 N–H and O–H groups in total. The lowest BCUT2D eigenvalue weighted by Crippen LogP contribution is -2.37. The lowest BCUT2D eigenvalue weighted by molar-refractivity contribution is 0.0827. The van der Waals surface area contributed by atoms with Crippen LogP contribution in [0.4, 0.5) is 11.4 Å². The van der Waals surface area contributed by atoms with Crippen LogP contribution in [-0.4, -0.2) is 51.5 Å². The first kappa shape index (κ1) is 19.9. The summed E-state index contributed by atoms with van der Waals surface area (Å²) >= 11 is 0. The standard InChI is InChI=1S/C20H23N3O4S/c1-22(2)20(25)16-5-9-17(10-6-16)21-19(24)15-7-11-18(12-8-15)23-13-3-4-14-28(23,26)27/h5-12H,3-4,13-14H2,1-2H3,(H,21,24). The summed E-state index contributed by atoms with van der Waals surface area (Å²) in [6.45, 7) is 0.464. The van der Waals surface area contributed by atoms with Crippen LogP contribution in [0.15, 0.2) is 48.5 Å². The summed E-state index contributed by atoms with van der Waals surface area (Å²) < 4.78 is 25.8. The van der Waals surface area contributed by atoms with Gasteiger partial charge in [-0.1, -0.05) is 0 Å². The van der Waals surface area contributed by atoms with Gasteiger partial charge < -0.3 is 10.2 Å². The first-order valence-electron chi connectivity index (χ1n) is 9.01. The molecule has 0 atom stereocenters. The van der Waals surface area contributed by atoms with Crippen LogP contribution in [-0.2, 0) is 10.0 Å². The van der Waals surface area contributed by atoms with Gasteiger partial charge in [0.05, 0.1) is 11.4 Å². The Bertz CT molecular complexity index is 968. The maximum atomic E-state index is 12.4. The second-order valence-electron chi connectivity index (χ2n) is 6.87. The quantitative estimate of drug-likeness (QED) is 0.853. The van der Waals surface area contributed by atoms with Crippen molar-refractivity contribution in [3.05, 3.63) is 59.7 Å². The SMILES string of the molecule is CN(C)C(=O)c1ccc(NC(=O)c2ccc(N3CCCCS3(=O)=O)cc2)cc1. The minimum absolute atomic E-state index is 0.110. The van der Waals surface area contributed by atoms with Crippen molar-refractivity contribution in [2.24, 2.45) is 0 Å². The molecule has 1 aliphatic heterocycles. The molecule has 1 fully saturated rings. The molecule has 7 nitrogen and oxygen atoms in total. The predicted octanol–water partition coefficient (Wildman–Crippen LogP) is 2.57. The van der Waals surface area contributed by atoms with E-state index in [9.17, 15) is 18.0 Å². The number of rotatable bonds is 4. The number of carbonyl (C=O) groups is 2. The van der Waals surface area contributed by atoms with Crippen molar-refractivity contribution in [2.45, 2.75) is 12.8 Å². The molecule has 0 aliphatic carbocycles. The van der Waals surface area contributed by atoms with Crippen LogP contribution in [0.1, 0.15) is 33.6 Å². The van der Waals surface area contributed by atoms with Gasteiger partial charge in [-0.25, -0.2) is 8.42 Å². The summed E-state index contributed by atoms with van der Waals surface area (Å²) in [7, 11) is 0.0810. The molecule has 1 saturated heterocycles. The number of benzene rings is 2. The smallest absolute Gasteiger partial charge is 0.255 e. The first-order valence-corrected chi connectivity index (χ1v) is 10.6. The van der Waals surface area contributed by atoms with E-state index < -0.39 is 10.0 Å². The molecule has 0 spiro atoms. The molecular weight excluding hydrogens is 378 g/mol. The summed E-state index contributed by atoms with van der Waals surface area (Å²) in [5.41, 5.74) is 2.10. The summed E-state index contributed by atoms with van der Waals surface area (Å²) in [5.74, 6) is -0.262. The summed E-state index contributed by atoms with van der Waals surface area (Å²) in [6.07, 6.45) is 1.51. The first-order chi connectivity index (χ1) is 13.3. The molecule has 2 aromatic rings. The molecule has 0 unspecified atom stereocenters. The topological polar surface area (TPSA) is 86.8 Å². The van der Waals surface area contributed by atoms with Gasteiger partial charge in [0, 0.05) is 37.5 Å². The fourth-order valence-corrected chi connectivity index (χ4v) is 4.66. The van der Waals surface area contributed by atoms with E-state index in [4.69, 9.17) is 0 Å². The lowest BCUT2D eigenvalue weighted by Gasteiger charge is -2.28. The molecule has 8 heteroatoms. The largest absolute Gasteiger partial charge is 0.345 e. The average molecular weight is 401 g/mol. The van der Waals surface area contributed by atoms with Crippen LogP contribution in [0, 0.1) is 0 Å². The van der Waals surface area contributed by atoms with Crippen molar-refractivity contribution in [3.63, 3.8) is 0 Å². The fourth-order valence-electron chi connectivity index (χ4n) is 3.02. The molecule has 0 aromatic heterocycles. The second-order valence-corrected chi connectivity index (χ2v) is 8.89. The van der Waals surface area contributed by atoms with Gasteiger partial charge in [-0.3, -0.25) is 13.9 Å². The molecular formula is C20H23N3O4S. The third-order valence-corrected chi connectivity index (χ3v) is 6.43. The van der Waals surface area contributed by atoms with Gasteiger partial charge in [0.1, 0.15) is 0 Å². The molecule has 0 radical (unpaired) electrons. The van der Waals surface area contributed by atoms with Crippen molar-refractivity contribution in [1.82, 2.24) is 4.90 Å². The minimum Gasteiger partial charge on any atom is -0.345 e. The lowest BCUT2D eigenvalue weighted by atomic mass is 10.1. The predicted molar refractivity (Wildman–Crippen MR) is 109 cm³/mol. The highest BCUT2D eigenvalue weighted by Gasteiger charge is 2.26. The van der Waals surface area contributed by atoms with Crippen LogP contribution in [0.5, 0.6) is 0 Å². The normalized spacial score (nSPS) is 15.7. The van der Waals surface area contributed by atoms with Crippen molar-refractivity contribution in [3.8, 4) is 0 Å². The Balaban J connectivity index is 1.69. The van der Waals surface area contributed by atoms with Crippen molar-refractivity contribution < 1.29 is 18.0 Å². The molecule has 1 heterocycles. The third-order valence-electron chi connectivity index (χ3n) is 4.56. The van der Waals surface area contributed by atoms with Gasteiger partial charge in [-0.05, 0) is 61.4 Å². The number of carbonyl (C=O) groups excluding carboxylic acids is 2. The highest BCUT2D eigenvalue weighted by atomic mass is 32.2. The van der Waals surface area contributed by atoms with Crippen LogP contribution < -0.4 is 9.62 Å². The molecule has 0 saturated carbocycles. The number of nitrogens with one attached hydrogen (secondary N) is 1. The van der Waals surface area contributed by atoms with E-state index in [-0.39, 0.29) is 17.6 Å². The average Bonchev–Trinajstić information content (AvgIpc) is 2.68. The maximum Gasteiger partial charge on any atom is 0.255 e. The summed E-state index contributed by atoms with van der Waals surface area (Å²) in [5, 5.41) is 2.77. The van der Waals surface area contributed by atoms with E-state index in [1.54, 1.807) is 62.6 Å². The number of hydrogen-bond acceptors (Lipinski definition) is 4. The molecule has 3 rings (SSSR count). The Morgan fingerprint density at radius 3 is 2.11 bits per heavy atom. The van der Waals surface area contributed by atoms with Crippen LogP contribution in [0.3, 0.4) is 0 Å². The van der Waals surface area contributed by atoms with Gasteiger partial charge in [0.2, 0.25) is 10.0 Å². The van der Waals surface area contributed by atoms with Gasteiger partial charge in [-0.15, -0.1) is 0 Å². The Morgan fingerprint density at radius 1 is 0.929 bits per heavy atom. The number of nitrogens with zero attached hydrogens (tertiary/aromatic N) is 2. The zero-order chi connectivity index (χ0) is 20.3. The summed E-state index contributed by atoms with van der Waals surface area (Å²) in [6, 6.07) is 13.2. The molecule has 148 valence electrons. The Kier molecular flexibility index (Phi) is 5.69. The molecule has 1 aliphatic rings. The number of hydrogen-bond donors (Lipinski definition) is 1. The van der Waals surface area contributed by atoms with Gasteiger partial charge >= 0.3 is 0 Å². The van der Waals surface area contributed by atoms with E-state index in [0.29, 0.717) is 35.5 Å². The highest BCUT2D eigenvalue weighted by Crippen LogP contribution is 2.24. The van der Waals surface area contributed by atoms with E-state index in [1.165, 1.54) is 9.21 Å². The zero-order valence-electron chi connectivity index (χ0n) is 15.9. The van der Waals surface area contributed by atoms with E-state index in [1.807, 2.05) is 0 Å². The van der Waals surface area contributed by atoms with Crippen molar-refractivity contribution >= 4 is 33.2 Å². The molecule has 2 amide bonds. The molecule has 28 heavy (non-hydrogen) atoms. The fraction of sp³-hybridized carbons (Fsp3) is 0.300. The van der Waals surface area contributed by atoms with Crippen LogP contribution >= 0.6 is 0 Å². The van der Waals surface area contributed by atoms with Crippen LogP contribution in [0.25, 0.3) is 0 Å². The maximum absolute atomic E-state index is 12.4. The Labute approximate surface area is 165 Å². The highest BCUT2D eigenvalue weighted by molar-refractivity contribution is 7.92. The van der Waals surface area contributed by atoms with Gasteiger partial charge in [0.15, 0.2) is 0 Å². The van der Waals surface area contributed by atoms with Gasteiger partial charge in [0.25, 0.3) is 11.8 Å². The summed E-state index contributed by atoms with van der Waals surface area (Å²) in [4.78, 5) is 25.8. The number of amides is 2. The number of anilines is 2. The third kappa shape index (κ3) is 4.33. The molecule has 2 aromatic carbocycles. The monoisotopic (exact) mass is 401 g/mol. The van der Waals surface area contributed by atoms with Crippen LogP contribution in [0.2, 0.25) is 0 Å². The Morgan fingerprint density at radius 2 is 1.54 bits per heavy atom. The molecule has 0 bridgehead atoms. The second kappa shape index (κ2) is 8.02. The number of sulfonamides is 1. The minimum atomic E-state index is -3.27. The van der Waals surface area contributed by atoms with E-state index >= 15 is 0 Å². The zero-order valence-corrected chi connectivity index (χ0v) is 16.7. The van der Waals surface area contributed by atoms with E-state index in [0.717, 1.165) is 6.42 Å². The van der Waals surface area contributed by atoms with Crippen molar-refractivity contribution in [2.75, 3.05) is 36.0 Å². The van der Waals surface area contributed by atoms with E-state index in [2.05, 4.69) is 5.32 Å². The van der Waals surface area contributed by atoms with Crippen molar-refractivity contribution in [1.29, 1.82) is 0 Å². The van der Waals surface area contributed by atoms with Gasteiger partial charge in [-0.2, -0.15) is 0 Å². The Hall–Kier alpha value is -2.87.